The van der Waals surface area contributed by atoms with Crippen LogP contribution >= 0.6 is 12.2 Å². The molecule has 2 fully saturated rings. The summed E-state index contributed by atoms with van der Waals surface area (Å²) in [7, 11) is 0. The van der Waals surface area contributed by atoms with Crippen LogP contribution < -0.4 is 15.0 Å². The van der Waals surface area contributed by atoms with Crippen LogP contribution in [0.5, 0.6) is 11.5 Å². The number of ether oxygens (including phenoxy) is 1. The lowest BCUT2D eigenvalue weighted by molar-refractivity contribution is 0.479. The van der Waals surface area contributed by atoms with Crippen molar-refractivity contribution in [2.45, 2.75) is 51.7 Å². The molecule has 2 aromatic heterocycles. The van der Waals surface area contributed by atoms with Crippen LogP contribution in [0.15, 0.2) is 79.0 Å². The minimum Gasteiger partial charge on any atom is -0.457 e. The van der Waals surface area contributed by atoms with E-state index in [9.17, 15) is 0 Å². The molecule has 6 heteroatoms. The lowest BCUT2D eigenvalue weighted by Crippen LogP contribution is -2.29. The Labute approximate surface area is 217 Å². The maximum absolute atomic E-state index is 6.15. The highest BCUT2D eigenvalue weighted by Crippen LogP contribution is 2.46. The van der Waals surface area contributed by atoms with Gasteiger partial charge >= 0.3 is 0 Å². The van der Waals surface area contributed by atoms with Crippen LogP contribution in [0, 0.1) is 20.8 Å². The van der Waals surface area contributed by atoms with Gasteiger partial charge in [-0.2, -0.15) is 0 Å². The Hall–Kier alpha value is -3.64. The predicted molar refractivity (Wildman–Crippen MR) is 148 cm³/mol. The number of aryl methyl sites for hydroxylation is 2. The molecule has 2 aromatic carbocycles. The van der Waals surface area contributed by atoms with Crippen LogP contribution in [0.25, 0.3) is 0 Å². The Morgan fingerprint density at radius 3 is 2.39 bits per heavy atom. The van der Waals surface area contributed by atoms with Gasteiger partial charge in [-0.3, -0.25) is 4.98 Å². The molecule has 4 aromatic rings. The number of thiocarbonyl (C=S) groups is 1. The van der Waals surface area contributed by atoms with Crippen molar-refractivity contribution in [1.29, 1.82) is 0 Å². The minimum atomic E-state index is -0.0465. The van der Waals surface area contributed by atoms with Gasteiger partial charge in [0.25, 0.3) is 0 Å². The average Bonchev–Trinajstić information content (AvgIpc) is 3.60. The Balaban J connectivity index is 1.38. The third-order valence-corrected chi connectivity index (χ3v) is 7.60. The molecular formula is C30H30N4OS. The molecule has 36 heavy (non-hydrogen) atoms. The second kappa shape index (κ2) is 9.10. The summed E-state index contributed by atoms with van der Waals surface area (Å²) in [6.45, 7) is 6.51. The first kappa shape index (κ1) is 22.8. The standard InChI is InChI=1S/C30H30N4OS/c1-19-8-4-5-10-27(19)35-24-15-13-23(14-16-24)34-29(25-18-20(2)33(21(25)3)22-11-12-22)28(32-30(34)36)26-9-6-7-17-31-26/h4-10,13-18,22,28-29H,11-12H2,1-3H3,(H,32,36). The molecule has 1 N–H and O–H groups in total. The topological polar surface area (TPSA) is 42.3 Å². The van der Waals surface area contributed by atoms with E-state index in [0.717, 1.165) is 28.4 Å². The highest BCUT2D eigenvalue weighted by atomic mass is 32.1. The van der Waals surface area contributed by atoms with E-state index in [4.69, 9.17) is 21.9 Å². The van der Waals surface area contributed by atoms with Gasteiger partial charge in [-0.25, -0.2) is 0 Å². The summed E-state index contributed by atoms with van der Waals surface area (Å²) in [6, 6.07) is 25.3. The zero-order valence-corrected chi connectivity index (χ0v) is 21.6. The van der Waals surface area contributed by atoms with Gasteiger partial charge in [-0.1, -0.05) is 24.3 Å². The van der Waals surface area contributed by atoms with Crippen molar-refractivity contribution in [2.24, 2.45) is 0 Å². The van der Waals surface area contributed by atoms with Crippen LogP contribution in [0.4, 0.5) is 5.69 Å². The molecule has 0 radical (unpaired) electrons. The molecule has 5 nitrogen and oxygen atoms in total. The number of hydrogen-bond donors (Lipinski definition) is 1. The van der Waals surface area contributed by atoms with Crippen molar-refractivity contribution >= 4 is 23.0 Å². The summed E-state index contributed by atoms with van der Waals surface area (Å²) < 4.78 is 8.65. The van der Waals surface area contributed by atoms with Crippen LogP contribution in [-0.2, 0) is 0 Å². The molecule has 182 valence electrons. The Morgan fingerprint density at radius 2 is 1.69 bits per heavy atom. The van der Waals surface area contributed by atoms with E-state index in [1.54, 1.807) is 0 Å². The summed E-state index contributed by atoms with van der Waals surface area (Å²) in [5.41, 5.74) is 7.05. The SMILES string of the molecule is Cc1ccccc1Oc1ccc(N2C(=S)NC(c3ccccn3)C2c2cc(C)n(C3CC3)c2C)cc1. The summed E-state index contributed by atoms with van der Waals surface area (Å²) in [4.78, 5) is 6.94. The molecular weight excluding hydrogens is 464 g/mol. The maximum Gasteiger partial charge on any atom is 0.174 e. The van der Waals surface area contributed by atoms with Crippen molar-refractivity contribution in [1.82, 2.24) is 14.9 Å². The van der Waals surface area contributed by atoms with Crippen LogP contribution in [0.1, 0.15) is 59.2 Å². The van der Waals surface area contributed by atoms with Crippen molar-refractivity contribution in [2.75, 3.05) is 4.90 Å². The van der Waals surface area contributed by atoms with Crippen LogP contribution in [0.2, 0.25) is 0 Å². The van der Waals surface area contributed by atoms with Gasteiger partial charge in [0.1, 0.15) is 11.5 Å². The number of hydrogen-bond acceptors (Lipinski definition) is 3. The van der Waals surface area contributed by atoms with Gasteiger partial charge in [-0.05, 0) is 105 Å². The Bertz CT molecular complexity index is 1410. The zero-order chi connectivity index (χ0) is 24.8. The summed E-state index contributed by atoms with van der Waals surface area (Å²) in [5, 5.41) is 4.29. The number of nitrogens with zero attached hydrogens (tertiary/aromatic N) is 3. The molecule has 0 amide bonds. The monoisotopic (exact) mass is 494 g/mol. The number of rotatable bonds is 6. The molecule has 1 saturated heterocycles. The number of benzene rings is 2. The maximum atomic E-state index is 6.15. The highest BCUT2D eigenvalue weighted by Gasteiger charge is 2.43. The third-order valence-electron chi connectivity index (χ3n) is 7.29. The summed E-state index contributed by atoms with van der Waals surface area (Å²) in [5.74, 6) is 1.67. The molecule has 6 rings (SSSR count). The summed E-state index contributed by atoms with van der Waals surface area (Å²) >= 11 is 5.93. The van der Waals surface area contributed by atoms with Crippen molar-refractivity contribution in [3.8, 4) is 11.5 Å². The van der Waals surface area contributed by atoms with E-state index in [0.29, 0.717) is 11.2 Å². The van der Waals surface area contributed by atoms with E-state index in [2.05, 4.69) is 65.9 Å². The number of aromatic nitrogens is 2. The summed E-state index contributed by atoms with van der Waals surface area (Å²) in [6.07, 6.45) is 4.37. The normalized spacial score (nSPS) is 19.4. The van der Waals surface area contributed by atoms with Gasteiger partial charge in [0.15, 0.2) is 5.11 Å². The van der Waals surface area contributed by atoms with Gasteiger partial charge in [0.2, 0.25) is 0 Å². The molecule has 1 saturated carbocycles. The molecule has 0 spiro atoms. The Kier molecular flexibility index (Phi) is 5.76. The van der Waals surface area contributed by atoms with E-state index in [1.165, 1.54) is 29.8 Å². The van der Waals surface area contributed by atoms with Gasteiger partial charge in [0, 0.05) is 29.3 Å². The number of nitrogens with one attached hydrogen (secondary N) is 1. The number of para-hydroxylation sites is 1. The largest absolute Gasteiger partial charge is 0.457 e. The molecule has 2 unspecified atom stereocenters. The molecule has 2 aliphatic rings. The number of pyridine rings is 1. The first-order chi connectivity index (χ1) is 17.5. The second-order valence-corrected chi connectivity index (χ2v) is 10.2. The van der Waals surface area contributed by atoms with Gasteiger partial charge in [-0.15, -0.1) is 0 Å². The fourth-order valence-corrected chi connectivity index (χ4v) is 5.76. The zero-order valence-electron chi connectivity index (χ0n) is 20.8. The Morgan fingerprint density at radius 1 is 0.944 bits per heavy atom. The lowest BCUT2D eigenvalue weighted by Gasteiger charge is -2.28. The molecule has 1 aliphatic heterocycles. The van der Waals surface area contributed by atoms with Crippen LogP contribution in [0.3, 0.4) is 0 Å². The first-order valence-corrected chi connectivity index (χ1v) is 12.9. The van der Waals surface area contributed by atoms with Gasteiger partial charge in [0.05, 0.1) is 17.8 Å². The molecule has 1 aliphatic carbocycles. The van der Waals surface area contributed by atoms with E-state index in [1.807, 2.05) is 48.7 Å². The average molecular weight is 495 g/mol. The minimum absolute atomic E-state index is 0.00534. The molecule has 3 heterocycles. The predicted octanol–water partition coefficient (Wildman–Crippen LogP) is 7.11. The van der Waals surface area contributed by atoms with Gasteiger partial charge < -0.3 is 19.5 Å². The van der Waals surface area contributed by atoms with E-state index < -0.39 is 0 Å². The molecule has 2 atom stereocenters. The quantitative estimate of drug-likeness (QED) is 0.289. The number of anilines is 1. The van der Waals surface area contributed by atoms with E-state index in [-0.39, 0.29) is 12.1 Å². The fraction of sp³-hybridized carbons (Fsp3) is 0.267. The smallest absolute Gasteiger partial charge is 0.174 e. The van der Waals surface area contributed by atoms with Crippen molar-refractivity contribution < 1.29 is 4.74 Å². The van der Waals surface area contributed by atoms with Crippen LogP contribution in [-0.4, -0.2) is 14.7 Å². The fourth-order valence-electron chi connectivity index (χ4n) is 5.42. The van der Waals surface area contributed by atoms with E-state index >= 15 is 0 Å². The first-order valence-electron chi connectivity index (χ1n) is 12.5. The second-order valence-electron chi connectivity index (χ2n) is 9.79. The highest BCUT2D eigenvalue weighted by molar-refractivity contribution is 7.80. The van der Waals surface area contributed by atoms with Crippen molar-refractivity contribution in [3.63, 3.8) is 0 Å². The van der Waals surface area contributed by atoms with Crippen molar-refractivity contribution in [3.05, 3.63) is 107 Å². The third kappa shape index (κ3) is 4.05. The lowest BCUT2D eigenvalue weighted by atomic mass is 9.96. The molecule has 0 bridgehead atoms.